The smallest absolute Gasteiger partial charge is 0.314 e. The Morgan fingerprint density at radius 3 is 2.15 bits per heavy atom. The summed E-state index contributed by atoms with van der Waals surface area (Å²) in [5.41, 5.74) is -0.869. The van der Waals surface area contributed by atoms with E-state index in [9.17, 15) is 14.7 Å². The largest absolute Gasteiger partial charge is 0.481 e. The summed E-state index contributed by atoms with van der Waals surface area (Å²) in [4.78, 5) is 25.1. The van der Waals surface area contributed by atoms with Crippen LogP contribution in [0.2, 0.25) is 0 Å². The Kier molecular flexibility index (Phi) is 8.22. The van der Waals surface area contributed by atoms with Crippen LogP contribution in [0.1, 0.15) is 40.5 Å². The minimum atomic E-state index is -0.869. The topological polar surface area (TPSA) is 81.7 Å². The first-order valence-electron chi connectivity index (χ1n) is 7.24. The van der Waals surface area contributed by atoms with Gasteiger partial charge in [-0.3, -0.25) is 4.79 Å². The van der Waals surface area contributed by atoms with E-state index in [2.05, 4.69) is 29.4 Å². The molecule has 0 saturated carbocycles. The van der Waals surface area contributed by atoms with Crippen LogP contribution in [0, 0.1) is 5.41 Å². The van der Waals surface area contributed by atoms with E-state index in [1.54, 1.807) is 0 Å². The summed E-state index contributed by atoms with van der Waals surface area (Å²) >= 11 is 0. The molecular formula is C14H29N3O3. The molecule has 0 heterocycles. The van der Waals surface area contributed by atoms with Gasteiger partial charge in [0.15, 0.2) is 0 Å². The van der Waals surface area contributed by atoms with Crippen LogP contribution in [0.25, 0.3) is 0 Å². The Bertz CT molecular complexity index is 315. The molecule has 0 atom stereocenters. The minimum absolute atomic E-state index is 0.154. The lowest BCUT2D eigenvalue weighted by molar-refractivity contribution is -0.149. The lowest BCUT2D eigenvalue weighted by atomic mass is 9.82. The fourth-order valence-electron chi connectivity index (χ4n) is 1.79. The van der Waals surface area contributed by atoms with Gasteiger partial charge in [0, 0.05) is 25.7 Å². The highest BCUT2D eigenvalue weighted by Gasteiger charge is 2.35. The molecule has 20 heavy (non-hydrogen) atoms. The van der Waals surface area contributed by atoms with Gasteiger partial charge in [0.1, 0.15) is 0 Å². The molecule has 6 heteroatoms. The maximum atomic E-state index is 11.7. The van der Waals surface area contributed by atoms with Gasteiger partial charge >= 0.3 is 12.0 Å². The van der Waals surface area contributed by atoms with Gasteiger partial charge in [-0.2, -0.15) is 0 Å². The van der Waals surface area contributed by atoms with E-state index in [4.69, 9.17) is 0 Å². The predicted molar refractivity (Wildman–Crippen MR) is 79.8 cm³/mol. The second-order valence-corrected chi connectivity index (χ2v) is 5.48. The number of carboxylic acid groups (broad SMARTS) is 1. The maximum Gasteiger partial charge on any atom is 0.314 e. The van der Waals surface area contributed by atoms with E-state index < -0.39 is 11.4 Å². The van der Waals surface area contributed by atoms with E-state index in [0.29, 0.717) is 25.4 Å². The number of urea groups is 1. The number of hydrogen-bond donors (Lipinski definition) is 3. The van der Waals surface area contributed by atoms with Crippen LogP contribution in [0.5, 0.6) is 0 Å². The summed E-state index contributed by atoms with van der Waals surface area (Å²) in [6.07, 6.45) is 0.990. The summed E-state index contributed by atoms with van der Waals surface area (Å²) < 4.78 is 0. The van der Waals surface area contributed by atoms with Gasteiger partial charge in [-0.25, -0.2) is 4.79 Å². The standard InChI is InChI=1S/C14H29N3O3/c1-6-14(7-2,12(18)19)10-16-13(20)15-8-9-17(5)11(3)4/h11H,6-10H2,1-5H3,(H,18,19)(H2,15,16,20). The van der Waals surface area contributed by atoms with Crippen molar-refractivity contribution in [1.29, 1.82) is 0 Å². The summed E-state index contributed by atoms with van der Waals surface area (Å²) in [6, 6.07) is 0.120. The van der Waals surface area contributed by atoms with Crippen LogP contribution >= 0.6 is 0 Å². The van der Waals surface area contributed by atoms with E-state index in [1.165, 1.54) is 0 Å². The van der Waals surface area contributed by atoms with Crippen molar-refractivity contribution < 1.29 is 14.7 Å². The zero-order valence-electron chi connectivity index (χ0n) is 13.3. The molecule has 0 aliphatic heterocycles. The second-order valence-electron chi connectivity index (χ2n) is 5.48. The van der Waals surface area contributed by atoms with Gasteiger partial charge in [0.25, 0.3) is 0 Å². The Labute approximate surface area is 121 Å². The number of nitrogens with zero attached hydrogens (tertiary/aromatic N) is 1. The van der Waals surface area contributed by atoms with Crippen LogP contribution in [0.4, 0.5) is 4.79 Å². The lowest BCUT2D eigenvalue weighted by Gasteiger charge is -2.27. The van der Waals surface area contributed by atoms with Crippen molar-refractivity contribution in [2.24, 2.45) is 5.41 Å². The minimum Gasteiger partial charge on any atom is -0.481 e. The highest BCUT2D eigenvalue weighted by atomic mass is 16.4. The molecule has 0 aromatic heterocycles. The third-order valence-electron chi connectivity index (χ3n) is 4.03. The molecule has 3 N–H and O–H groups in total. The number of aliphatic carboxylic acids is 1. The van der Waals surface area contributed by atoms with Gasteiger partial charge in [-0.1, -0.05) is 13.8 Å². The molecule has 0 aliphatic rings. The number of amides is 2. The monoisotopic (exact) mass is 287 g/mol. The van der Waals surface area contributed by atoms with Gasteiger partial charge in [0.05, 0.1) is 5.41 Å². The van der Waals surface area contributed by atoms with Gasteiger partial charge < -0.3 is 20.6 Å². The highest BCUT2D eigenvalue weighted by Crippen LogP contribution is 2.25. The van der Waals surface area contributed by atoms with Crippen LogP contribution in [0.3, 0.4) is 0 Å². The maximum absolute atomic E-state index is 11.7. The molecule has 0 rings (SSSR count). The highest BCUT2D eigenvalue weighted by molar-refractivity contribution is 5.78. The van der Waals surface area contributed by atoms with Crippen molar-refractivity contribution in [3.63, 3.8) is 0 Å². The fourth-order valence-corrected chi connectivity index (χ4v) is 1.79. The van der Waals surface area contributed by atoms with E-state index >= 15 is 0 Å². The van der Waals surface area contributed by atoms with E-state index in [-0.39, 0.29) is 12.6 Å². The number of nitrogens with one attached hydrogen (secondary N) is 2. The lowest BCUT2D eigenvalue weighted by Crippen LogP contribution is -2.47. The molecule has 6 nitrogen and oxygen atoms in total. The molecule has 0 aromatic carbocycles. The zero-order valence-corrected chi connectivity index (χ0v) is 13.3. The fraction of sp³-hybridized carbons (Fsp3) is 0.857. The van der Waals surface area contributed by atoms with E-state index in [0.717, 1.165) is 6.54 Å². The number of hydrogen-bond acceptors (Lipinski definition) is 3. The van der Waals surface area contributed by atoms with Crippen LogP contribution in [0.15, 0.2) is 0 Å². The number of carbonyl (C=O) groups is 2. The molecule has 0 aromatic rings. The molecule has 0 saturated heterocycles. The quantitative estimate of drug-likeness (QED) is 0.600. The predicted octanol–water partition coefficient (Wildman–Crippen LogP) is 1.52. The SMILES string of the molecule is CCC(CC)(CNC(=O)NCCN(C)C(C)C)C(=O)O. The molecule has 2 amide bonds. The summed E-state index contributed by atoms with van der Waals surface area (Å²) in [7, 11) is 1.99. The molecular weight excluding hydrogens is 258 g/mol. The average molecular weight is 287 g/mol. The molecule has 0 radical (unpaired) electrons. The summed E-state index contributed by atoms with van der Waals surface area (Å²) in [5, 5.41) is 14.7. The molecule has 0 spiro atoms. The molecule has 0 bridgehead atoms. The van der Waals surface area contributed by atoms with Gasteiger partial charge in [-0.15, -0.1) is 0 Å². The van der Waals surface area contributed by atoms with Gasteiger partial charge in [-0.05, 0) is 33.7 Å². The first-order chi connectivity index (χ1) is 9.29. The summed E-state index contributed by atoms with van der Waals surface area (Å²) in [6.45, 7) is 9.29. The average Bonchev–Trinajstić information content (AvgIpc) is 2.39. The first-order valence-corrected chi connectivity index (χ1v) is 7.24. The van der Waals surface area contributed by atoms with Crippen LogP contribution < -0.4 is 10.6 Å². The molecule has 0 fully saturated rings. The van der Waals surface area contributed by atoms with Crippen LogP contribution in [-0.4, -0.2) is 54.7 Å². The Balaban J connectivity index is 4.12. The third-order valence-corrected chi connectivity index (χ3v) is 4.03. The van der Waals surface area contributed by atoms with Crippen molar-refractivity contribution in [3.05, 3.63) is 0 Å². The molecule has 118 valence electrons. The van der Waals surface area contributed by atoms with Gasteiger partial charge in [0.2, 0.25) is 0 Å². The zero-order chi connectivity index (χ0) is 15.8. The number of carboxylic acids is 1. The van der Waals surface area contributed by atoms with Crippen molar-refractivity contribution in [2.45, 2.75) is 46.6 Å². The molecule has 0 unspecified atom stereocenters. The van der Waals surface area contributed by atoms with Crippen molar-refractivity contribution in [3.8, 4) is 0 Å². The number of likely N-dealkylation sites (N-methyl/N-ethyl adjacent to an activating group) is 1. The first kappa shape index (κ1) is 18.7. The van der Waals surface area contributed by atoms with Crippen molar-refractivity contribution in [2.75, 3.05) is 26.7 Å². The van der Waals surface area contributed by atoms with Crippen LogP contribution in [-0.2, 0) is 4.79 Å². The van der Waals surface area contributed by atoms with Crippen molar-refractivity contribution >= 4 is 12.0 Å². The third kappa shape index (κ3) is 5.77. The van der Waals surface area contributed by atoms with Crippen molar-refractivity contribution in [1.82, 2.24) is 15.5 Å². The number of carbonyl (C=O) groups excluding carboxylic acids is 1. The number of rotatable bonds is 9. The molecule has 0 aliphatic carbocycles. The normalized spacial score (nSPS) is 11.8. The van der Waals surface area contributed by atoms with E-state index in [1.807, 2.05) is 20.9 Å². The Morgan fingerprint density at radius 2 is 1.75 bits per heavy atom. The summed E-state index contributed by atoms with van der Waals surface area (Å²) in [5.74, 6) is -0.859. The Hall–Kier alpha value is -1.30. The second kappa shape index (κ2) is 8.79. The Morgan fingerprint density at radius 1 is 1.20 bits per heavy atom.